The van der Waals surface area contributed by atoms with E-state index in [1.54, 1.807) is 12.1 Å². The number of benzene rings is 1. The van der Waals surface area contributed by atoms with Crippen LogP contribution in [0.4, 0.5) is 4.79 Å². The first-order valence-corrected chi connectivity index (χ1v) is 12.7. The highest BCUT2D eigenvalue weighted by molar-refractivity contribution is 7.79. The van der Waals surface area contributed by atoms with Crippen molar-refractivity contribution in [1.82, 2.24) is 21.3 Å². The number of urea groups is 1. The molecule has 0 aliphatic carbocycles. The lowest BCUT2D eigenvalue weighted by atomic mass is 10.1. The third-order valence-electron chi connectivity index (χ3n) is 4.89. The fourth-order valence-electron chi connectivity index (χ4n) is 3.03. The zero-order chi connectivity index (χ0) is 24.8. The quantitative estimate of drug-likeness (QED) is 0.260. The number of rotatable bonds is 14. The van der Waals surface area contributed by atoms with E-state index in [4.69, 9.17) is 0 Å². The Labute approximate surface area is 199 Å². The Kier molecular flexibility index (Phi) is 13.3. The molecule has 10 heteroatoms. The largest absolute Gasteiger partial charge is 0.339 e. The molecular weight excluding hydrogens is 444 g/mol. The molecule has 0 radical (unpaired) electrons. The number of aryl methyl sites for hydroxylation is 1. The van der Waals surface area contributed by atoms with Gasteiger partial charge in [0.1, 0.15) is 11.4 Å². The summed E-state index contributed by atoms with van der Waals surface area (Å²) in [5.74, 6) is -1.05. The van der Waals surface area contributed by atoms with Gasteiger partial charge in [0.05, 0.1) is 0 Å². The normalized spacial score (nSPS) is 13.6. The van der Waals surface area contributed by atoms with E-state index in [0.717, 1.165) is 31.2 Å². The monoisotopic (exact) mass is 482 g/mol. The van der Waals surface area contributed by atoms with Crippen LogP contribution >= 0.6 is 0 Å². The molecule has 186 valence electrons. The zero-order valence-corrected chi connectivity index (χ0v) is 20.8. The van der Waals surface area contributed by atoms with Gasteiger partial charge in [-0.1, -0.05) is 46.2 Å². The van der Waals surface area contributed by atoms with Crippen LogP contribution in [-0.4, -0.2) is 51.1 Å². The fraction of sp³-hybridized carbons (Fsp3) is 0.609. The van der Waals surface area contributed by atoms with Crippen molar-refractivity contribution in [3.05, 3.63) is 35.4 Å². The molecule has 5 N–H and O–H groups in total. The minimum Gasteiger partial charge on any atom is -0.339 e. The first kappa shape index (κ1) is 28.6. The maximum atomic E-state index is 12.9. The van der Waals surface area contributed by atoms with Crippen LogP contribution < -0.4 is 21.3 Å². The van der Waals surface area contributed by atoms with E-state index in [2.05, 4.69) is 28.2 Å². The number of amides is 4. The van der Waals surface area contributed by atoms with E-state index in [-0.39, 0.29) is 12.5 Å². The van der Waals surface area contributed by atoms with Gasteiger partial charge in [-0.15, -0.1) is 0 Å². The van der Waals surface area contributed by atoms with Crippen LogP contribution in [0.25, 0.3) is 0 Å². The van der Waals surface area contributed by atoms with Crippen LogP contribution in [0.1, 0.15) is 69.3 Å². The summed E-state index contributed by atoms with van der Waals surface area (Å²) < 4.78 is 21.2. The molecule has 1 unspecified atom stereocenters. The molecule has 33 heavy (non-hydrogen) atoms. The highest BCUT2D eigenvalue weighted by Gasteiger charge is 2.27. The van der Waals surface area contributed by atoms with Crippen LogP contribution in [0.5, 0.6) is 0 Å². The van der Waals surface area contributed by atoms with Crippen molar-refractivity contribution in [3.8, 4) is 0 Å². The van der Waals surface area contributed by atoms with Crippen LogP contribution in [0.15, 0.2) is 24.3 Å². The van der Waals surface area contributed by atoms with Crippen LogP contribution in [0.2, 0.25) is 0 Å². The Morgan fingerprint density at radius 1 is 1.00 bits per heavy atom. The summed E-state index contributed by atoms with van der Waals surface area (Å²) in [6, 6.07) is 5.56. The Bertz CT molecular complexity index is 786. The number of unbranched alkanes of at least 4 members (excludes halogenated alkanes) is 1. The predicted octanol–water partition coefficient (Wildman–Crippen LogP) is 2.55. The molecule has 1 aromatic rings. The summed E-state index contributed by atoms with van der Waals surface area (Å²) in [6.45, 7) is 8.06. The summed E-state index contributed by atoms with van der Waals surface area (Å²) in [5, 5.41) is 9.38. The van der Waals surface area contributed by atoms with Gasteiger partial charge in [0.15, 0.2) is 11.1 Å². The molecule has 9 nitrogen and oxygen atoms in total. The Morgan fingerprint density at radius 2 is 1.67 bits per heavy atom. The van der Waals surface area contributed by atoms with E-state index < -0.39 is 40.3 Å². The van der Waals surface area contributed by atoms with Gasteiger partial charge in [-0.05, 0) is 49.3 Å². The number of carbonyl (C=O) groups excluding carboxylic acids is 3. The van der Waals surface area contributed by atoms with Gasteiger partial charge in [-0.25, -0.2) is 9.00 Å². The van der Waals surface area contributed by atoms with E-state index in [0.29, 0.717) is 18.5 Å². The molecule has 0 spiro atoms. The second kappa shape index (κ2) is 15.4. The molecule has 4 amide bonds. The van der Waals surface area contributed by atoms with Crippen molar-refractivity contribution in [2.75, 3.05) is 13.1 Å². The average molecular weight is 483 g/mol. The number of nitrogens with one attached hydrogen (secondary N) is 4. The second-order valence-corrected chi connectivity index (χ2v) is 9.49. The van der Waals surface area contributed by atoms with E-state index in [9.17, 15) is 23.1 Å². The lowest BCUT2D eigenvalue weighted by Crippen LogP contribution is -2.56. The molecule has 0 aliphatic rings. The molecule has 1 aromatic carbocycles. The second-order valence-electron chi connectivity index (χ2n) is 8.37. The highest BCUT2D eigenvalue weighted by Crippen LogP contribution is 2.09. The van der Waals surface area contributed by atoms with Gasteiger partial charge < -0.3 is 25.8 Å². The van der Waals surface area contributed by atoms with Gasteiger partial charge in [0.2, 0.25) is 5.91 Å². The number of carbonyl (C=O) groups is 3. The molecule has 0 heterocycles. The highest BCUT2D eigenvalue weighted by atomic mass is 32.2. The van der Waals surface area contributed by atoms with E-state index in [1.165, 1.54) is 0 Å². The summed E-state index contributed by atoms with van der Waals surface area (Å²) in [5.41, 5.74) is 1.51. The topological polar surface area (TPSA) is 137 Å². The zero-order valence-electron chi connectivity index (χ0n) is 20.0. The average Bonchev–Trinajstić information content (AvgIpc) is 2.78. The third-order valence-corrected chi connectivity index (χ3v) is 5.69. The van der Waals surface area contributed by atoms with Gasteiger partial charge in [0, 0.05) is 18.7 Å². The Balaban J connectivity index is 2.91. The molecule has 0 aromatic heterocycles. The molecule has 1 rings (SSSR count). The predicted molar refractivity (Wildman–Crippen MR) is 130 cm³/mol. The van der Waals surface area contributed by atoms with Crippen LogP contribution in [-0.2, 0) is 22.3 Å². The van der Waals surface area contributed by atoms with E-state index in [1.807, 2.05) is 32.9 Å². The molecule has 0 saturated heterocycles. The van der Waals surface area contributed by atoms with Crippen molar-refractivity contribution in [3.63, 3.8) is 0 Å². The van der Waals surface area contributed by atoms with Crippen molar-refractivity contribution in [1.29, 1.82) is 0 Å². The van der Waals surface area contributed by atoms with E-state index >= 15 is 0 Å². The standard InChI is InChI=1S/C23H38N4O5S/c1-5-7-8-17-9-11-18(12-10-17)21(28)26-19(15-25-23(30)24-13-6-2)22(29)27-20(33(31)32)14-16(3)4/h9-12,16,19-20H,5-8,13-15H2,1-4H3,(H,26,28)(H,27,29)(H,31,32)(H2,24,25,30)/t19-,20+/m0/s1. The Morgan fingerprint density at radius 3 is 2.21 bits per heavy atom. The van der Waals surface area contributed by atoms with Crippen LogP contribution in [0, 0.1) is 5.92 Å². The molecule has 3 atom stereocenters. The molecule has 0 fully saturated rings. The van der Waals surface area contributed by atoms with Gasteiger partial charge in [-0.3, -0.25) is 9.59 Å². The third kappa shape index (κ3) is 11.3. The van der Waals surface area contributed by atoms with Crippen molar-refractivity contribution < 1.29 is 23.1 Å². The van der Waals surface area contributed by atoms with Crippen molar-refractivity contribution >= 4 is 28.9 Å². The van der Waals surface area contributed by atoms with Crippen molar-refractivity contribution in [2.45, 2.75) is 71.2 Å². The molecule has 0 saturated carbocycles. The first-order valence-electron chi connectivity index (χ1n) is 11.5. The maximum absolute atomic E-state index is 12.9. The van der Waals surface area contributed by atoms with Gasteiger partial charge >= 0.3 is 6.03 Å². The van der Waals surface area contributed by atoms with Crippen LogP contribution in [0.3, 0.4) is 0 Å². The summed E-state index contributed by atoms with van der Waals surface area (Å²) >= 11 is -2.28. The first-order chi connectivity index (χ1) is 15.7. The lowest BCUT2D eigenvalue weighted by molar-refractivity contribution is -0.123. The molecule has 0 bridgehead atoms. The molecule has 0 aliphatic heterocycles. The fourth-order valence-corrected chi connectivity index (χ4v) is 3.80. The summed E-state index contributed by atoms with van der Waals surface area (Å²) in [7, 11) is 0. The SMILES string of the molecule is CCCCc1ccc(C(=O)N[C@@H](CNC(=O)NCCC)C(=O)N[C@@H](CC(C)C)S(=O)O)cc1. The molecular formula is C23H38N4O5S. The summed E-state index contributed by atoms with van der Waals surface area (Å²) in [4.78, 5) is 37.6. The van der Waals surface area contributed by atoms with Gasteiger partial charge in [-0.2, -0.15) is 0 Å². The van der Waals surface area contributed by atoms with Crippen molar-refractivity contribution in [2.24, 2.45) is 5.92 Å². The number of hydrogen-bond donors (Lipinski definition) is 5. The van der Waals surface area contributed by atoms with Gasteiger partial charge in [0.25, 0.3) is 5.91 Å². The lowest BCUT2D eigenvalue weighted by Gasteiger charge is -2.23. The minimum absolute atomic E-state index is 0.0728. The maximum Gasteiger partial charge on any atom is 0.314 e. The minimum atomic E-state index is -2.28. The smallest absolute Gasteiger partial charge is 0.314 e. The Hall–Kier alpha value is -2.46. The summed E-state index contributed by atoms with van der Waals surface area (Å²) in [6.07, 6.45) is 4.11. The number of hydrogen-bond acceptors (Lipinski definition) is 4.